The Bertz CT molecular complexity index is 576. The zero-order chi connectivity index (χ0) is 14.6. The first-order valence-electron chi connectivity index (χ1n) is 5.67. The van der Waals surface area contributed by atoms with Crippen molar-refractivity contribution in [3.05, 3.63) is 58.6 Å². The predicted molar refractivity (Wildman–Crippen MR) is 67.0 cm³/mol. The van der Waals surface area contributed by atoms with Crippen LogP contribution in [0, 0.1) is 0 Å². The van der Waals surface area contributed by atoms with Crippen LogP contribution < -0.4 is 0 Å². The molecular formula is C13H10ClF3N2O. The van der Waals surface area contributed by atoms with E-state index in [0.717, 1.165) is 5.56 Å². The van der Waals surface area contributed by atoms with E-state index in [1.165, 1.54) is 6.07 Å². The van der Waals surface area contributed by atoms with Gasteiger partial charge in [0.25, 0.3) is 0 Å². The first-order valence-corrected chi connectivity index (χ1v) is 6.05. The fourth-order valence-electron chi connectivity index (χ4n) is 1.51. The van der Waals surface area contributed by atoms with Crippen LogP contribution in [0.2, 0.25) is 5.15 Å². The van der Waals surface area contributed by atoms with Crippen molar-refractivity contribution in [3.8, 4) is 0 Å². The van der Waals surface area contributed by atoms with E-state index in [1.807, 2.05) is 30.3 Å². The Balaban J connectivity index is 2.01. The maximum Gasteiger partial charge on any atom is 0.451 e. The molecule has 0 radical (unpaired) electrons. The van der Waals surface area contributed by atoms with E-state index in [2.05, 4.69) is 9.97 Å². The van der Waals surface area contributed by atoms with Gasteiger partial charge in [0.05, 0.1) is 18.9 Å². The molecule has 0 saturated carbocycles. The van der Waals surface area contributed by atoms with E-state index in [-0.39, 0.29) is 24.1 Å². The summed E-state index contributed by atoms with van der Waals surface area (Å²) < 4.78 is 42.8. The molecule has 2 aromatic rings. The number of hydrogen-bond donors (Lipinski definition) is 0. The van der Waals surface area contributed by atoms with Gasteiger partial charge in [-0.25, -0.2) is 9.97 Å². The molecule has 0 fully saturated rings. The zero-order valence-electron chi connectivity index (χ0n) is 10.2. The summed E-state index contributed by atoms with van der Waals surface area (Å²) in [4.78, 5) is 6.54. The van der Waals surface area contributed by atoms with Gasteiger partial charge in [-0.1, -0.05) is 41.9 Å². The normalized spacial score (nSPS) is 11.6. The third-order valence-corrected chi connectivity index (χ3v) is 2.56. The summed E-state index contributed by atoms with van der Waals surface area (Å²) in [6.45, 7) is 0.212. The van der Waals surface area contributed by atoms with Crippen LogP contribution in [0.4, 0.5) is 13.2 Å². The molecule has 0 aliphatic rings. The van der Waals surface area contributed by atoms with Crippen molar-refractivity contribution < 1.29 is 17.9 Å². The summed E-state index contributed by atoms with van der Waals surface area (Å²) in [6.07, 6.45) is -4.63. The number of aromatic nitrogens is 2. The van der Waals surface area contributed by atoms with Crippen LogP contribution >= 0.6 is 11.6 Å². The highest BCUT2D eigenvalue weighted by atomic mass is 35.5. The molecule has 0 aliphatic carbocycles. The molecule has 106 valence electrons. The Morgan fingerprint density at radius 3 is 2.40 bits per heavy atom. The number of halogens is 4. The number of hydrogen-bond acceptors (Lipinski definition) is 3. The van der Waals surface area contributed by atoms with E-state index in [4.69, 9.17) is 16.3 Å². The Labute approximate surface area is 118 Å². The number of benzene rings is 1. The van der Waals surface area contributed by atoms with Crippen molar-refractivity contribution in [1.29, 1.82) is 0 Å². The van der Waals surface area contributed by atoms with Crippen LogP contribution in [-0.4, -0.2) is 9.97 Å². The van der Waals surface area contributed by atoms with Crippen LogP contribution in [0.5, 0.6) is 0 Å². The third kappa shape index (κ3) is 4.18. The number of rotatable bonds is 4. The molecule has 0 amide bonds. The van der Waals surface area contributed by atoms with Gasteiger partial charge >= 0.3 is 6.18 Å². The average Bonchev–Trinajstić information content (AvgIpc) is 2.38. The maximum absolute atomic E-state index is 12.5. The quantitative estimate of drug-likeness (QED) is 0.804. The average molecular weight is 303 g/mol. The van der Waals surface area contributed by atoms with E-state index in [9.17, 15) is 13.2 Å². The van der Waals surface area contributed by atoms with E-state index >= 15 is 0 Å². The third-order valence-electron chi connectivity index (χ3n) is 2.36. The zero-order valence-corrected chi connectivity index (χ0v) is 10.9. The summed E-state index contributed by atoms with van der Waals surface area (Å²) in [5.41, 5.74) is 1.01. The number of nitrogens with zero attached hydrogens (tertiary/aromatic N) is 2. The molecule has 0 bridgehead atoms. The Kier molecular flexibility index (Phi) is 4.57. The SMILES string of the molecule is FC(F)(F)c1nc(Cl)cc(COCc2ccccc2)n1. The minimum atomic E-state index is -4.63. The minimum absolute atomic E-state index is 0.0692. The molecule has 1 heterocycles. The lowest BCUT2D eigenvalue weighted by atomic mass is 10.2. The van der Waals surface area contributed by atoms with Gasteiger partial charge in [0.2, 0.25) is 5.82 Å². The lowest BCUT2D eigenvalue weighted by Gasteiger charge is -2.08. The fraction of sp³-hybridized carbons (Fsp3) is 0.231. The van der Waals surface area contributed by atoms with Gasteiger partial charge in [-0.05, 0) is 11.6 Å². The standard InChI is InChI=1S/C13H10ClF3N2O/c14-11-6-10(18-12(19-11)13(15,16)17)8-20-7-9-4-2-1-3-5-9/h1-6H,7-8H2. The maximum atomic E-state index is 12.5. The van der Waals surface area contributed by atoms with Gasteiger partial charge in [0.15, 0.2) is 0 Å². The highest BCUT2D eigenvalue weighted by Gasteiger charge is 2.35. The molecule has 1 aromatic heterocycles. The molecule has 7 heteroatoms. The van der Waals surface area contributed by atoms with Crippen LogP contribution in [0.15, 0.2) is 36.4 Å². The molecule has 3 nitrogen and oxygen atoms in total. The van der Waals surface area contributed by atoms with Crippen molar-refractivity contribution in [2.45, 2.75) is 19.4 Å². The topological polar surface area (TPSA) is 35.0 Å². The highest BCUT2D eigenvalue weighted by Crippen LogP contribution is 2.27. The molecule has 0 saturated heterocycles. The van der Waals surface area contributed by atoms with Gasteiger partial charge in [0, 0.05) is 0 Å². The van der Waals surface area contributed by atoms with E-state index in [0.29, 0.717) is 0 Å². The number of ether oxygens (including phenoxy) is 1. The van der Waals surface area contributed by atoms with Crippen LogP contribution in [0.3, 0.4) is 0 Å². The molecule has 1 aromatic carbocycles. The molecule has 0 unspecified atom stereocenters. The van der Waals surface area contributed by atoms with Crippen molar-refractivity contribution in [3.63, 3.8) is 0 Å². The largest absolute Gasteiger partial charge is 0.451 e. The van der Waals surface area contributed by atoms with Gasteiger partial charge in [-0.3, -0.25) is 0 Å². The second-order valence-electron chi connectivity index (χ2n) is 3.98. The summed E-state index contributed by atoms with van der Waals surface area (Å²) in [7, 11) is 0. The molecule has 2 rings (SSSR count). The predicted octanol–water partition coefficient (Wildman–Crippen LogP) is 3.87. The molecule has 0 aliphatic heterocycles. The molecule has 20 heavy (non-hydrogen) atoms. The number of alkyl halides is 3. The van der Waals surface area contributed by atoms with Gasteiger partial charge < -0.3 is 4.74 Å². The summed E-state index contributed by atoms with van der Waals surface area (Å²) in [5.74, 6) is -1.26. The van der Waals surface area contributed by atoms with Crippen LogP contribution in [0.25, 0.3) is 0 Å². The molecule has 0 N–H and O–H groups in total. The summed E-state index contributed by atoms with van der Waals surface area (Å²) in [5, 5.41) is -0.259. The molecule has 0 spiro atoms. The highest BCUT2D eigenvalue weighted by molar-refractivity contribution is 6.29. The fourth-order valence-corrected chi connectivity index (χ4v) is 1.72. The summed E-state index contributed by atoms with van der Waals surface area (Å²) >= 11 is 5.55. The van der Waals surface area contributed by atoms with Crippen LogP contribution in [0.1, 0.15) is 17.1 Å². The Hall–Kier alpha value is -1.66. The van der Waals surface area contributed by atoms with Gasteiger partial charge in [-0.15, -0.1) is 0 Å². The van der Waals surface area contributed by atoms with Crippen molar-refractivity contribution in [1.82, 2.24) is 9.97 Å². The van der Waals surface area contributed by atoms with Crippen LogP contribution in [-0.2, 0) is 24.1 Å². The van der Waals surface area contributed by atoms with E-state index in [1.54, 1.807) is 0 Å². The molecular weight excluding hydrogens is 293 g/mol. The first kappa shape index (κ1) is 14.7. The Morgan fingerprint density at radius 2 is 1.75 bits per heavy atom. The first-order chi connectivity index (χ1) is 9.45. The van der Waals surface area contributed by atoms with Crippen molar-refractivity contribution >= 4 is 11.6 Å². The lowest BCUT2D eigenvalue weighted by molar-refractivity contribution is -0.145. The minimum Gasteiger partial charge on any atom is -0.370 e. The van der Waals surface area contributed by atoms with Gasteiger partial charge in [-0.2, -0.15) is 13.2 Å². The van der Waals surface area contributed by atoms with Gasteiger partial charge in [0.1, 0.15) is 5.15 Å². The lowest BCUT2D eigenvalue weighted by Crippen LogP contribution is -2.13. The second-order valence-corrected chi connectivity index (χ2v) is 4.37. The summed E-state index contributed by atoms with van der Waals surface area (Å²) in [6, 6.07) is 10.5. The van der Waals surface area contributed by atoms with E-state index < -0.39 is 12.0 Å². The monoisotopic (exact) mass is 302 g/mol. The van der Waals surface area contributed by atoms with Crippen molar-refractivity contribution in [2.75, 3.05) is 0 Å². The Morgan fingerprint density at radius 1 is 1.05 bits per heavy atom. The second kappa shape index (κ2) is 6.19. The molecule has 0 atom stereocenters. The van der Waals surface area contributed by atoms with Crippen molar-refractivity contribution in [2.24, 2.45) is 0 Å². The smallest absolute Gasteiger partial charge is 0.370 e.